The quantitative estimate of drug-likeness (QED) is 0.909. The fourth-order valence-corrected chi connectivity index (χ4v) is 1.57. The van der Waals surface area contributed by atoms with Crippen LogP contribution in [0.4, 0.5) is 4.39 Å². The highest BCUT2D eigenvalue weighted by Gasteiger charge is 2.15. The van der Waals surface area contributed by atoms with Crippen LogP contribution in [-0.2, 0) is 0 Å². The monoisotopic (exact) mass is 273 g/mol. The second kappa shape index (κ2) is 6.47. The Morgan fingerprint density at radius 1 is 1.30 bits per heavy atom. The van der Waals surface area contributed by atoms with Gasteiger partial charge in [0.2, 0.25) is 0 Å². The number of carbonyl (C=O) groups is 1. The second-order valence-electron chi connectivity index (χ2n) is 3.91. The van der Waals surface area contributed by atoms with Crippen LogP contribution in [0.5, 0.6) is 5.88 Å². The van der Waals surface area contributed by atoms with E-state index in [4.69, 9.17) is 9.84 Å². The molecule has 2 aromatic rings. The lowest BCUT2D eigenvalue weighted by atomic mass is 10.2. The molecule has 1 aromatic heterocycles. The van der Waals surface area contributed by atoms with Gasteiger partial charge in [-0.3, -0.25) is 0 Å². The Bertz CT molecular complexity index is 626. The van der Waals surface area contributed by atoms with Crippen LogP contribution in [0, 0.1) is 5.82 Å². The average molecular weight is 273 g/mol. The smallest absolute Gasteiger partial charge is 0.338 e. The number of halogens is 1. The molecule has 1 heterocycles. The third-order valence-electron chi connectivity index (χ3n) is 2.51. The number of hydrogen-bond donors (Lipinski definition) is 1. The van der Waals surface area contributed by atoms with Crippen molar-refractivity contribution in [2.45, 2.75) is 0 Å². The maximum atomic E-state index is 13.7. The highest BCUT2D eigenvalue weighted by atomic mass is 19.1. The molecule has 0 amide bonds. The number of nitrogens with zero attached hydrogens (tertiary/aromatic N) is 1. The van der Waals surface area contributed by atoms with E-state index in [1.807, 2.05) is 36.4 Å². The van der Waals surface area contributed by atoms with Crippen molar-refractivity contribution in [2.75, 3.05) is 6.61 Å². The molecule has 0 saturated heterocycles. The van der Waals surface area contributed by atoms with Crippen LogP contribution in [0.2, 0.25) is 0 Å². The summed E-state index contributed by atoms with van der Waals surface area (Å²) in [5.41, 5.74) is 0.533. The summed E-state index contributed by atoms with van der Waals surface area (Å²) in [6.07, 6.45) is 4.71. The Kier molecular flexibility index (Phi) is 4.44. The number of aromatic carboxylic acids is 1. The number of benzene rings is 1. The van der Waals surface area contributed by atoms with Crippen LogP contribution in [-0.4, -0.2) is 22.7 Å². The highest BCUT2D eigenvalue weighted by Crippen LogP contribution is 2.17. The average Bonchev–Trinajstić information content (AvgIpc) is 2.46. The zero-order valence-corrected chi connectivity index (χ0v) is 10.5. The Hall–Kier alpha value is -2.69. The molecule has 20 heavy (non-hydrogen) atoms. The summed E-state index contributed by atoms with van der Waals surface area (Å²) in [5, 5.41) is 8.77. The molecule has 102 valence electrons. The third-order valence-corrected chi connectivity index (χ3v) is 2.51. The number of carboxylic acid groups (broad SMARTS) is 1. The summed E-state index contributed by atoms with van der Waals surface area (Å²) in [6.45, 7) is 0.0991. The predicted octanol–water partition coefficient (Wildman–Crippen LogP) is 3.01. The molecule has 2 rings (SSSR count). The van der Waals surface area contributed by atoms with Crippen LogP contribution in [0.15, 0.2) is 48.7 Å². The van der Waals surface area contributed by atoms with Crippen LogP contribution in [0.1, 0.15) is 15.9 Å². The Labute approximate surface area is 115 Å². The topological polar surface area (TPSA) is 59.4 Å². The van der Waals surface area contributed by atoms with Gasteiger partial charge in [0.15, 0.2) is 5.82 Å². The van der Waals surface area contributed by atoms with E-state index in [1.54, 1.807) is 6.08 Å². The largest absolute Gasteiger partial charge is 0.478 e. The summed E-state index contributed by atoms with van der Waals surface area (Å²) in [5.74, 6) is -2.63. The number of aromatic nitrogens is 1. The number of rotatable bonds is 5. The summed E-state index contributed by atoms with van der Waals surface area (Å²) in [6, 6.07) is 10.6. The number of hydrogen-bond acceptors (Lipinski definition) is 3. The Morgan fingerprint density at radius 2 is 2.05 bits per heavy atom. The van der Waals surface area contributed by atoms with Gasteiger partial charge >= 0.3 is 5.97 Å². The van der Waals surface area contributed by atoms with Crippen molar-refractivity contribution in [1.82, 2.24) is 4.98 Å². The van der Waals surface area contributed by atoms with Gasteiger partial charge in [-0.1, -0.05) is 36.4 Å². The molecule has 0 aliphatic heterocycles. The van der Waals surface area contributed by atoms with E-state index >= 15 is 0 Å². The molecular weight excluding hydrogens is 261 g/mol. The molecule has 1 N–H and O–H groups in total. The van der Waals surface area contributed by atoms with Crippen molar-refractivity contribution in [2.24, 2.45) is 0 Å². The van der Waals surface area contributed by atoms with Crippen molar-refractivity contribution < 1.29 is 19.0 Å². The van der Waals surface area contributed by atoms with E-state index in [0.29, 0.717) is 0 Å². The van der Waals surface area contributed by atoms with Crippen molar-refractivity contribution in [1.29, 1.82) is 0 Å². The third kappa shape index (κ3) is 3.41. The molecule has 0 spiro atoms. The minimum absolute atomic E-state index is 0.0991. The zero-order chi connectivity index (χ0) is 14.4. The van der Waals surface area contributed by atoms with Crippen molar-refractivity contribution >= 4 is 12.0 Å². The molecule has 0 bridgehead atoms. The minimum Gasteiger partial charge on any atom is -0.478 e. The van der Waals surface area contributed by atoms with E-state index in [1.165, 1.54) is 6.20 Å². The lowest BCUT2D eigenvalue weighted by Crippen LogP contribution is -2.05. The number of carboxylic acids is 1. The SMILES string of the molecule is O=C(O)c1ccnc(OC/C=C/c2ccccc2)c1F. The van der Waals surface area contributed by atoms with Gasteiger partial charge < -0.3 is 9.84 Å². The van der Waals surface area contributed by atoms with Gasteiger partial charge in [0, 0.05) is 6.20 Å². The van der Waals surface area contributed by atoms with Crippen molar-refractivity contribution in [3.63, 3.8) is 0 Å². The molecule has 1 aromatic carbocycles. The minimum atomic E-state index is -1.35. The molecule has 0 radical (unpaired) electrons. The maximum absolute atomic E-state index is 13.7. The first kappa shape index (κ1) is 13.7. The van der Waals surface area contributed by atoms with Gasteiger partial charge in [-0.15, -0.1) is 0 Å². The van der Waals surface area contributed by atoms with E-state index in [0.717, 1.165) is 11.6 Å². The lowest BCUT2D eigenvalue weighted by molar-refractivity contribution is 0.0690. The first-order chi connectivity index (χ1) is 9.68. The molecule has 5 heteroatoms. The Balaban J connectivity index is 2.00. The normalized spacial score (nSPS) is 10.7. The summed E-state index contributed by atoms with van der Waals surface area (Å²) in [7, 11) is 0. The fraction of sp³-hybridized carbons (Fsp3) is 0.0667. The van der Waals surface area contributed by atoms with Gasteiger partial charge in [0.25, 0.3) is 5.88 Å². The van der Waals surface area contributed by atoms with Crippen LogP contribution < -0.4 is 4.74 Å². The summed E-state index contributed by atoms with van der Waals surface area (Å²) in [4.78, 5) is 14.4. The second-order valence-corrected chi connectivity index (χ2v) is 3.91. The first-order valence-corrected chi connectivity index (χ1v) is 5.90. The van der Waals surface area contributed by atoms with Crippen LogP contribution in [0.3, 0.4) is 0 Å². The molecule has 0 atom stereocenters. The van der Waals surface area contributed by atoms with Crippen molar-refractivity contribution in [3.05, 3.63) is 65.6 Å². The van der Waals surface area contributed by atoms with Gasteiger partial charge in [-0.2, -0.15) is 0 Å². The molecule has 0 fully saturated rings. The van der Waals surface area contributed by atoms with E-state index in [2.05, 4.69) is 4.98 Å². The Morgan fingerprint density at radius 3 is 2.75 bits per heavy atom. The number of ether oxygens (including phenoxy) is 1. The van der Waals surface area contributed by atoms with Crippen molar-refractivity contribution in [3.8, 4) is 5.88 Å². The standard InChI is InChI=1S/C15H12FNO3/c16-13-12(15(18)19)8-9-17-14(13)20-10-4-7-11-5-2-1-3-6-11/h1-9H,10H2,(H,18,19)/b7-4+. The highest BCUT2D eigenvalue weighted by molar-refractivity contribution is 5.88. The molecule has 0 aliphatic rings. The van der Waals surface area contributed by atoms with Crippen LogP contribution in [0.25, 0.3) is 6.08 Å². The lowest BCUT2D eigenvalue weighted by Gasteiger charge is -2.04. The van der Waals surface area contributed by atoms with Gasteiger partial charge in [-0.25, -0.2) is 14.2 Å². The fourth-order valence-electron chi connectivity index (χ4n) is 1.57. The first-order valence-electron chi connectivity index (χ1n) is 5.90. The van der Waals surface area contributed by atoms with E-state index in [-0.39, 0.29) is 12.5 Å². The van der Waals surface area contributed by atoms with Gasteiger partial charge in [-0.05, 0) is 17.7 Å². The van der Waals surface area contributed by atoms with Gasteiger partial charge in [0.05, 0.1) is 0 Å². The molecule has 0 saturated carbocycles. The van der Waals surface area contributed by atoms with Gasteiger partial charge in [0.1, 0.15) is 12.2 Å². The molecule has 0 aliphatic carbocycles. The summed E-state index contributed by atoms with van der Waals surface area (Å²) < 4.78 is 18.8. The van der Waals surface area contributed by atoms with E-state index < -0.39 is 17.3 Å². The molecule has 4 nitrogen and oxygen atoms in total. The molecular formula is C15H12FNO3. The number of pyridine rings is 1. The summed E-state index contributed by atoms with van der Waals surface area (Å²) >= 11 is 0. The van der Waals surface area contributed by atoms with E-state index in [9.17, 15) is 9.18 Å². The zero-order valence-electron chi connectivity index (χ0n) is 10.5. The maximum Gasteiger partial charge on any atom is 0.338 e. The van der Waals surface area contributed by atoms with Crippen LogP contribution >= 0.6 is 0 Å². The molecule has 0 unspecified atom stereocenters. The predicted molar refractivity (Wildman–Crippen MR) is 72.1 cm³/mol.